The topological polar surface area (TPSA) is 52.5 Å². The third-order valence-electron chi connectivity index (χ3n) is 2.99. The standard InChI is InChI=1S/C12H20N4O/c1-9(2)11-8-10(3)13-12(14-11)15-4-6-16(17)7-5-15/h8-9,17H,4-7H2,1-3H3. The number of aryl methyl sites for hydroxylation is 1. The fourth-order valence-electron chi connectivity index (χ4n) is 1.91. The molecular formula is C12H20N4O. The first kappa shape index (κ1) is 12.3. The van der Waals surface area contributed by atoms with Crippen LogP contribution in [0.4, 0.5) is 5.95 Å². The summed E-state index contributed by atoms with van der Waals surface area (Å²) in [5.41, 5.74) is 2.09. The van der Waals surface area contributed by atoms with Crippen molar-refractivity contribution in [3.63, 3.8) is 0 Å². The number of hydroxylamine groups is 2. The van der Waals surface area contributed by atoms with Gasteiger partial charge < -0.3 is 10.1 Å². The molecule has 0 atom stereocenters. The second-order valence-electron chi connectivity index (χ2n) is 4.83. The molecule has 1 saturated heterocycles. The van der Waals surface area contributed by atoms with Gasteiger partial charge in [0.2, 0.25) is 5.95 Å². The Hall–Kier alpha value is -1.20. The van der Waals surface area contributed by atoms with E-state index in [1.807, 2.05) is 13.0 Å². The van der Waals surface area contributed by atoms with Crippen LogP contribution >= 0.6 is 0 Å². The van der Waals surface area contributed by atoms with E-state index in [1.165, 1.54) is 5.06 Å². The van der Waals surface area contributed by atoms with Crippen molar-refractivity contribution in [1.82, 2.24) is 15.0 Å². The molecule has 0 radical (unpaired) electrons. The lowest BCUT2D eigenvalue weighted by Gasteiger charge is -2.31. The maximum atomic E-state index is 9.34. The molecule has 1 aromatic rings. The zero-order valence-corrected chi connectivity index (χ0v) is 10.7. The van der Waals surface area contributed by atoms with Crippen molar-refractivity contribution in [3.8, 4) is 0 Å². The summed E-state index contributed by atoms with van der Waals surface area (Å²) in [6, 6.07) is 2.04. The predicted octanol–water partition coefficient (Wildman–Crippen LogP) is 1.42. The Morgan fingerprint density at radius 1 is 1.18 bits per heavy atom. The molecule has 1 aliphatic heterocycles. The number of nitrogens with zero attached hydrogens (tertiary/aromatic N) is 4. The Kier molecular flexibility index (Phi) is 3.59. The second kappa shape index (κ2) is 4.98. The van der Waals surface area contributed by atoms with Crippen molar-refractivity contribution >= 4 is 5.95 Å². The molecule has 0 saturated carbocycles. The predicted molar refractivity (Wildman–Crippen MR) is 66.4 cm³/mol. The van der Waals surface area contributed by atoms with Crippen LogP contribution < -0.4 is 4.90 Å². The van der Waals surface area contributed by atoms with Crippen LogP contribution in [0.1, 0.15) is 31.2 Å². The van der Waals surface area contributed by atoms with Crippen molar-refractivity contribution in [3.05, 3.63) is 17.5 Å². The highest BCUT2D eigenvalue weighted by Crippen LogP contribution is 2.17. The van der Waals surface area contributed by atoms with E-state index in [4.69, 9.17) is 0 Å². The molecule has 0 aromatic carbocycles. The summed E-state index contributed by atoms with van der Waals surface area (Å²) in [6.07, 6.45) is 0. The van der Waals surface area contributed by atoms with Crippen molar-refractivity contribution in [2.24, 2.45) is 0 Å². The molecule has 5 nitrogen and oxygen atoms in total. The average Bonchev–Trinajstić information content (AvgIpc) is 2.29. The molecule has 0 unspecified atom stereocenters. The van der Waals surface area contributed by atoms with Gasteiger partial charge in [0.05, 0.1) is 0 Å². The van der Waals surface area contributed by atoms with Gasteiger partial charge in [-0.15, -0.1) is 0 Å². The minimum Gasteiger partial charge on any atom is -0.338 e. The first-order valence-corrected chi connectivity index (χ1v) is 6.10. The highest BCUT2D eigenvalue weighted by atomic mass is 16.5. The van der Waals surface area contributed by atoms with E-state index >= 15 is 0 Å². The maximum absolute atomic E-state index is 9.34. The van der Waals surface area contributed by atoms with Crippen LogP contribution in [0.25, 0.3) is 0 Å². The van der Waals surface area contributed by atoms with Crippen LogP contribution in [-0.4, -0.2) is 46.4 Å². The normalized spacial score (nSPS) is 17.8. The average molecular weight is 236 g/mol. The van der Waals surface area contributed by atoms with E-state index in [1.54, 1.807) is 0 Å². The van der Waals surface area contributed by atoms with Crippen molar-refractivity contribution in [2.45, 2.75) is 26.7 Å². The lowest BCUT2D eigenvalue weighted by Crippen LogP contribution is -2.45. The van der Waals surface area contributed by atoms with E-state index in [0.29, 0.717) is 19.0 Å². The quantitative estimate of drug-likeness (QED) is 0.841. The van der Waals surface area contributed by atoms with Gasteiger partial charge in [-0.05, 0) is 18.9 Å². The van der Waals surface area contributed by atoms with Gasteiger partial charge in [0, 0.05) is 37.6 Å². The summed E-state index contributed by atoms with van der Waals surface area (Å²) in [7, 11) is 0. The van der Waals surface area contributed by atoms with Crippen LogP contribution in [0, 0.1) is 6.92 Å². The molecule has 2 rings (SSSR count). The van der Waals surface area contributed by atoms with Gasteiger partial charge in [-0.1, -0.05) is 13.8 Å². The third kappa shape index (κ3) is 2.92. The maximum Gasteiger partial charge on any atom is 0.225 e. The van der Waals surface area contributed by atoms with E-state index in [0.717, 1.165) is 30.4 Å². The molecule has 94 valence electrons. The lowest BCUT2D eigenvalue weighted by atomic mass is 10.1. The van der Waals surface area contributed by atoms with Crippen molar-refractivity contribution in [1.29, 1.82) is 0 Å². The lowest BCUT2D eigenvalue weighted by molar-refractivity contribution is -0.0937. The number of anilines is 1. The second-order valence-corrected chi connectivity index (χ2v) is 4.83. The summed E-state index contributed by atoms with van der Waals surface area (Å²) in [5.74, 6) is 1.20. The van der Waals surface area contributed by atoms with Gasteiger partial charge in [0.25, 0.3) is 0 Å². The molecule has 0 aliphatic carbocycles. The third-order valence-corrected chi connectivity index (χ3v) is 2.99. The molecule has 1 aromatic heterocycles. The van der Waals surface area contributed by atoms with Crippen LogP contribution in [0.5, 0.6) is 0 Å². The van der Waals surface area contributed by atoms with Crippen LogP contribution in [0.15, 0.2) is 6.07 Å². The Labute approximate surface area is 102 Å². The molecule has 5 heteroatoms. The van der Waals surface area contributed by atoms with Gasteiger partial charge in [0.1, 0.15) is 0 Å². The van der Waals surface area contributed by atoms with Gasteiger partial charge in [-0.3, -0.25) is 0 Å². The first-order valence-electron chi connectivity index (χ1n) is 6.10. The number of aromatic nitrogens is 2. The van der Waals surface area contributed by atoms with Gasteiger partial charge in [-0.2, -0.15) is 5.06 Å². The van der Waals surface area contributed by atoms with E-state index in [9.17, 15) is 5.21 Å². The van der Waals surface area contributed by atoms with E-state index in [2.05, 4.69) is 28.7 Å². The molecule has 2 heterocycles. The Morgan fingerprint density at radius 3 is 2.41 bits per heavy atom. The molecular weight excluding hydrogens is 216 g/mol. The van der Waals surface area contributed by atoms with E-state index < -0.39 is 0 Å². The summed E-state index contributed by atoms with van der Waals surface area (Å²) < 4.78 is 0. The summed E-state index contributed by atoms with van der Waals surface area (Å²) >= 11 is 0. The fourth-order valence-corrected chi connectivity index (χ4v) is 1.91. The Balaban J connectivity index is 2.20. The zero-order chi connectivity index (χ0) is 12.4. The largest absolute Gasteiger partial charge is 0.338 e. The highest BCUT2D eigenvalue weighted by Gasteiger charge is 2.18. The summed E-state index contributed by atoms with van der Waals surface area (Å²) in [4.78, 5) is 11.2. The monoisotopic (exact) mass is 236 g/mol. The molecule has 1 N–H and O–H groups in total. The molecule has 0 amide bonds. The minimum absolute atomic E-state index is 0.412. The zero-order valence-electron chi connectivity index (χ0n) is 10.7. The highest BCUT2D eigenvalue weighted by molar-refractivity contribution is 5.33. The van der Waals surface area contributed by atoms with Crippen LogP contribution in [0.2, 0.25) is 0 Å². The molecule has 0 bridgehead atoms. The minimum atomic E-state index is 0.412. The molecule has 1 aliphatic rings. The van der Waals surface area contributed by atoms with Crippen LogP contribution in [0.3, 0.4) is 0 Å². The van der Waals surface area contributed by atoms with Crippen molar-refractivity contribution < 1.29 is 5.21 Å². The smallest absolute Gasteiger partial charge is 0.225 e. The number of hydrogen-bond donors (Lipinski definition) is 1. The number of rotatable bonds is 2. The Bertz CT molecular complexity index is 386. The van der Waals surface area contributed by atoms with Gasteiger partial charge >= 0.3 is 0 Å². The molecule has 1 fully saturated rings. The fraction of sp³-hybridized carbons (Fsp3) is 0.667. The number of hydrogen-bond acceptors (Lipinski definition) is 5. The molecule has 0 spiro atoms. The van der Waals surface area contributed by atoms with Crippen LogP contribution in [-0.2, 0) is 0 Å². The number of piperazine rings is 1. The van der Waals surface area contributed by atoms with Gasteiger partial charge in [-0.25, -0.2) is 9.97 Å². The Morgan fingerprint density at radius 2 is 1.82 bits per heavy atom. The molecule has 17 heavy (non-hydrogen) atoms. The van der Waals surface area contributed by atoms with Gasteiger partial charge in [0.15, 0.2) is 0 Å². The summed E-state index contributed by atoms with van der Waals surface area (Å²) in [6.45, 7) is 9.12. The summed E-state index contributed by atoms with van der Waals surface area (Å²) in [5, 5.41) is 10.7. The van der Waals surface area contributed by atoms with E-state index in [-0.39, 0.29) is 0 Å². The first-order chi connectivity index (χ1) is 8.06. The van der Waals surface area contributed by atoms with Crippen molar-refractivity contribution in [2.75, 3.05) is 31.1 Å². The SMILES string of the molecule is Cc1cc(C(C)C)nc(N2CCN(O)CC2)n1.